The van der Waals surface area contributed by atoms with Gasteiger partial charge in [-0.3, -0.25) is 0 Å². The highest BCUT2D eigenvalue weighted by atomic mass is 35.5. The Bertz CT molecular complexity index is 365. The number of aromatic nitrogens is 1. The van der Waals surface area contributed by atoms with Gasteiger partial charge < -0.3 is 10.8 Å². The van der Waals surface area contributed by atoms with E-state index in [1.54, 1.807) is 18.3 Å². The minimum absolute atomic E-state index is 0. The average molecular weight is 223 g/mol. The zero-order valence-electron chi connectivity index (χ0n) is 8.03. The largest absolute Gasteiger partial charge is 0.384 e. The van der Waals surface area contributed by atoms with Gasteiger partial charge in [0, 0.05) is 11.8 Å². The number of nitrogens with two attached hydrogens (primary N) is 1. The minimum atomic E-state index is -0.144. The van der Waals surface area contributed by atoms with Crippen LogP contribution in [0, 0.1) is 23.7 Å². The van der Waals surface area contributed by atoms with Crippen LogP contribution in [-0.2, 0) is 0 Å². The number of hydrogen-bond donors (Lipinski definition) is 2. The zero-order chi connectivity index (χ0) is 10.2. The Morgan fingerprint density at radius 3 is 2.60 bits per heavy atom. The maximum Gasteiger partial charge on any atom is 0.113 e. The summed E-state index contributed by atoms with van der Waals surface area (Å²) >= 11 is 0. The van der Waals surface area contributed by atoms with Crippen LogP contribution in [0.2, 0.25) is 0 Å². The van der Waals surface area contributed by atoms with Gasteiger partial charge in [-0.2, -0.15) is 0 Å². The molecule has 0 aromatic carbocycles. The monoisotopic (exact) mass is 222 g/mol. The van der Waals surface area contributed by atoms with Gasteiger partial charge >= 0.3 is 0 Å². The molecule has 1 rings (SSSR count). The van der Waals surface area contributed by atoms with E-state index in [1.807, 2.05) is 0 Å². The molecule has 0 bridgehead atoms. The van der Waals surface area contributed by atoms with Gasteiger partial charge in [-0.15, -0.1) is 12.4 Å². The molecular formula is C11H11ClN2O. The van der Waals surface area contributed by atoms with Crippen molar-refractivity contribution in [2.75, 3.05) is 13.2 Å². The van der Waals surface area contributed by atoms with Crippen molar-refractivity contribution in [2.45, 2.75) is 0 Å². The second-order valence-corrected chi connectivity index (χ2v) is 2.40. The van der Waals surface area contributed by atoms with Gasteiger partial charge in [0.25, 0.3) is 0 Å². The van der Waals surface area contributed by atoms with E-state index in [1.165, 1.54) is 0 Å². The molecule has 0 saturated carbocycles. The number of rotatable bonds is 0. The van der Waals surface area contributed by atoms with Crippen LogP contribution in [0.3, 0.4) is 0 Å². The summed E-state index contributed by atoms with van der Waals surface area (Å²) in [6, 6.07) is 3.57. The topological polar surface area (TPSA) is 59.1 Å². The van der Waals surface area contributed by atoms with E-state index in [4.69, 9.17) is 10.8 Å². The fraction of sp³-hybridized carbons (Fsp3) is 0.182. The molecule has 0 fully saturated rings. The molecule has 1 aromatic rings. The summed E-state index contributed by atoms with van der Waals surface area (Å²) in [5.74, 6) is 10.8. The molecule has 78 valence electrons. The Morgan fingerprint density at radius 2 is 2.07 bits per heavy atom. The summed E-state index contributed by atoms with van der Waals surface area (Å²) < 4.78 is 0. The Labute approximate surface area is 95.1 Å². The zero-order valence-corrected chi connectivity index (χ0v) is 8.84. The average Bonchev–Trinajstić information content (AvgIpc) is 2.25. The molecule has 0 unspecified atom stereocenters. The molecule has 4 heteroatoms. The number of pyridine rings is 1. The van der Waals surface area contributed by atoms with Crippen LogP contribution in [0.15, 0.2) is 18.3 Å². The fourth-order valence-corrected chi connectivity index (χ4v) is 0.825. The van der Waals surface area contributed by atoms with Crippen LogP contribution in [0.5, 0.6) is 0 Å². The molecule has 0 radical (unpaired) electrons. The van der Waals surface area contributed by atoms with E-state index in [0.717, 1.165) is 5.56 Å². The number of hydrogen-bond acceptors (Lipinski definition) is 3. The predicted molar refractivity (Wildman–Crippen MR) is 61.4 cm³/mol. The van der Waals surface area contributed by atoms with Gasteiger partial charge in [0.2, 0.25) is 0 Å². The van der Waals surface area contributed by atoms with Crippen LogP contribution >= 0.6 is 12.4 Å². The predicted octanol–water partition coefficient (Wildman–Crippen LogP) is 0.157. The smallest absolute Gasteiger partial charge is 0.113 e. The van der Waals surface area contributed by atoms with E-state index in [0.29, 0.717) is 12.2 Å². The van der Waals surface area contributed by atoms with Crippen LogP contribution in [0.4, 0.5) is 0 Å². The van der Waals surface area contributed by atoms with Crippen molar-refractivity contribution in [1.82, 2.24) is 4.98 Å². The van der Waals surface area contributed by atoms with Gasteiger partial charge in [-0.1, -0.05) is 17.8 Å². The molecule has 0 atom stereocenters. The first-order chi connectivity index (χ1) is 6.86. The third-order valence-electron chi connectivity index (χ3n) is 1.39. The molecule has 1 heterocycles. The quantitative estimate of drug-likeness (QED) is 0.615. The Kier molecular flexibility index (Phi) is 7.05. The lowest BCUT2D eigenvalue weighted by Gasteiger charge is -1.90. The summed E-state index contributed by atoms with van der Waals surface area (Å²) in [5, 5.41) is 8.47. The lowest BCUT2D eigenvalue weighted by atomic mass is 10.2. The Hall–Kier alpha value is -1.52. The molecule has 0 spiro atoms. The second-order valence-electron chi connectivity index (χ2n) is 2.40. The first-order valence-electron chi connectivity index (χ1n) is 4.11. The summed E-state index contributed by atoms with van der Waals surface area (Å²) in [4.78, 5) is 4.06. The molecule has 0 aliphatic carbocycles. The van der Waals surface area contributed by atoms with Crippen molar-refractivity contribution in [2.24, 2.45) is 5.73 Å². The van der Waals surface area contributed by atoms with Crippen LogP contribution in [-0.4, -0.2) is 23.2 Å². The van der Waals surface area contributed by atoms with Crippen LogP contribution in [0.25, 0.3) is 0 Å². The second kappa shape index (κ2) is 7.84. The van der Waals surface area contributed by atoms with Crippen molar-refractivity contribution >= 4 is 12.4 Å². The summed E-state index contributed by atoms with van der Waals surface area (Å²) in [7, 11) is 0. The van der Waals surface area contributed by atoms with E-state index >= 15 is 0 Å². The molecule has 0 aliphatic rings. The van der Waals surface area contributed by atoms with Gasteiger partial charge in [0.05, 0.1) is 6.54 Å². The number of halogens is 1. The van der Waals surface area contributed by atoms with E-state index in [2.05, 4.69) is 28.7 Å². The molecule has 1 aromatic heterocycles. The van der Waals surface area contributed by atoms with Gasteiger partial charge in [0.15, 0.2) is 0 Å². The third-order valence-corrected chi connectivity index (χ3v) is 1.39. The molecule has 3 nitrogen and oxygen atoms in total. The van der Waals surface area contributed by atoms with E-state index < -0.39 is 0 Å². The number of aliphatic hydroxyl groups is 1. The molecular weight excluding hydrogens is 212 g/mol. The Balaban J connectivity index is 0.00000196. The molecule has 3 N–H and O–H groups in total. The van der Waals surface area contributed by atoms with E-state index in [-0.39, 0.29) is 19.0 Å². The summed E-state index contributed by atoms with van der Waals surface area (Å²) in [6.45, 7) is 0.183. The van der Waals surface area contributed by atoms with Crippen LogP contribution < -0.4 is 5.73 Å². The van der Waals surface area contributed by atoms with Gasteiger partial charge in [-0.25, -0.2) is 4.98 Å². The van der Waals surface area contributed by atoms with Crippen molar-refractivity contribution in [3.8, 4) is 23.7 Å². The van der Waals surface area contributed by atoms with Crippen LogP contribution in [0.1, 0.15) is 11.3 Å². The highest BCUT2D eigenvalue weighted by molar-refractivity contribution is 5.85. The minimum Gasteiger partial charge on any atom is -0.384 e. The van der Waals surface area contributed by atoms with Crippen molar-refractivity contribution in [3.63, 3.8) is 0 Å². The molecule has 0 saturated heterocycles. The molecule has 15 heavy (non-hydrogen) atoms. The molecule has 0 amide bonds. The highest BCUT2D eigenvalue weighted by Crippen LogP contribution is 1.96. The van der Waals surface area contributed by atoms with E-state index in [9.17, 15) is 0 Å². The van der Waals surface area contributed by atoms with Gasteiger partial charge in [-0.05, 0) is 18.1 Å². The maximum atomic E-state index is 8.47. The Morgan fingerprint density at radius 1 is 1.27 bits per heavy atom. The first kappa shape index (κ1) is 13.5. The first-order valence-corrected chi connectivity index (χ1v) is 4.11. The third kappa shape index (κ3) is 5.05. The van der Waals surface area contributed by atoms with Crippen molar-refractivity contribution in [1.29, 1.82) is 0 Å². The van der Waals surface area contributed by atoms with Crippen molar-refractivity contribution < 1.29 is 5.11 Å². The number of nitrogens with zero attached hydrogens (tertiary/aromatic N) is 1. The SMILES string of the molecule is Cl.NCC#Cc1ccc(C#CCO)cn1. The standard InChI is InChI=1S/C11H10N2O.ClH/c12-7-1-4-11-6-5-10(9-13-11)3-2-8-14;/h5-6,9,14H,7-8,12H2;1H. The fourth-order valence-electron chi connectivity index (χ4n) is 0.825. The lowest BCUT2D eigenvalue weighted by molar-refractivity contribution is 0.350. The summed E-state index contributed by atoms with van der Waals surface area (Å²) in [6.07, 6.45) is 1.61. The maximum absolute atomic E-state index is 8.47. The lowest BCUT2D eigenvalue weighted by Crippen LogP contribution is -1.93. The van der Waals surface area contributed by atoms with Crippen molar-refractivity contribution in [3.05, 3.63) is 29.6 Å². The number of aliphatic hydroxyl groups excluding tert-OH is 1. The van der Waals surface area contributed by atoms with Gasteiger partial charge in [0.1, 0.15) is 12.3 Å². The normalized spacial score (nSPS) is 7.60. The summed E-state index contributed by atoms with van der Waals surface area (Å²) in [5.41, 5.74) is 6.65. The highest BCUT2D eigenvalue weighted by Gasteiger charge is 1.88. The molecule has 0 aliphatic heterocycles.